The van der Waals surface area contributed by atoms with E-state index in [2.05, 4.69) is 0 Å². The third kappa shape index (κ3) is 1.58. The molecule has 1 saturated carbocycles. The van der Waals surface area contributed by atoms with E-state index in [1.165, 1.54) is 25.7 Å². The number of rotatable bonds is 0. The highest BCUT2D eigenvalue weighted by molar-refractivity contribution is 8.01. The Bertz CT molecular complexity index is 219. The molecule has 0 aromatic heterocycles. The van der Waals surface area contributed by atoms with Crippen molar-refractivity contribution in [2.45, 2.75) is 49.1 Å². The van der Waals surface area contributed by atoms with Crippen molar-refractivity contribution in [2.75, 3.05) is 7.05 Å². The highest BCUT2D eigenvalue weighted by atomic mass is 32.2. The number of nitrogens with zero attached hydrogens (tertiary/aromatic N) is 1. The minimum atomic E-state index is 0.185. The molecule has 0 aromatic carbocycles. The van der Waals surface area contributed by atoms with Gasteiger partial charge >= 0.3 is 0 Å². The summed E-state index contributed by atoms with van der Waals surface area (Å²) in [5.74, 6) is 0.327. The molecule has 2 rings (SSSR count). The second kappa shape index (κ2) is 3.52. The number of amides is 1. The van der Waals surface area contributed by atoms with Crippen molar-refractivity contribution in [3.63, 3.8) is 0 Å². The molecule has 0 N–H and O–H groups in total. The van der Waals surface area contributed by atoms with Crippen LogP contribution in [0, 0.1) is 0 Å². The van der Waals surface area contributed by atoms with Gasteiger partial charge in [0.15, 0.2) is 0 Å². The summed E-state index contributed by atoms with van der Waals surface area (Å²) in [5.41, 5.74) is 0. The number of carbonyl (C=O) groups is 1. The average molecular weight is 199 g/mol. The molecule has 2 nitrogen and oxygen atoms in total. The van der Waals surface area contributed by atoms with Gasteiger partial charge in [-0.2, -0.15) is 0 Å². The van der Waals surface area contributed by atoms with E-state index < -0.39 is 0 Å². The van der Waals surface area contributed by atoms with Gasteiger partial charge in [0.05, 0.1) is 5.25 Å². The summed E-state index contributed by atoms with van der Waals surface area (Å²) in [5, 5.41) is 0.899. The molecule has 0 bridgehead atoms. The third-order valence-electron chi connectivity index (χ3n) is 3.24. The average Bonchev–Trinajstić information content (AvgIpc) is 2.15. The summed E-state index contributed by atoms with van der Waals surface area (Å²) >= 11 is 1.89. The topological polar surface area (TPSA) is 20.3 Å². The lowest BCUT2D eigenvalue weighted by atomic mass is 9.93. The number of fused-ring (bicyclic) bond motifs is 1. The SMILES string of the molecule is CC1SC2CCCCC2N(C)C1=O. The van der Waals surface area contributed by atoms with Crippen molar-refractivity contribution >= 4 is 17.7 Å². The summed E-state index contributed by atoms with van der Waals surface area (Å²) < 4.78 is 0. The Labute approximate surface area is 84.1 Å². The van der Waals surface area contributed by atoms with Gasteiger partial charge in [-0.3, -0.25) is 4.79 Å². The molecule has 1 heterocycles. The van der Waals surface area contributed by atoms with Gasteiger partial charge in [0, 0.05) is 18.3 Å². The Morgan fingerprint density at radius 2 is 2.08 bits per heavy atom. The van der Waals surface area contributed by atoms with Crippen LogP contribution in [0.4, 0.5) is 0 Å². The van der Waals surface area contributed by atoms with Crippen LogP contribution in [-0.2, 0) is 4.79 Å². The van der Waals surface area contributed by atoms with Gasteiger partial charge < -0.3 is 4.90 Å². The molecular formula is C10H17NOS. The first kappa shape index (κ1) is 9.38. The molecule has 3 unspecified atom stereocenters. The Morgan fingerprint density at radius 1 is 1.38 bits per heavy atom. The highest BCUT2D eigenvalue weighted by Crippen LogP contribution is 2.38. The number of hydrogen-bond acceptors (Lipinski definition) is 2. The Kier molecular flexibility index (Phi) is 2.54. The van der Waals surface area contributed by atoms with Gasteiger partial charge in [-0.25, -0.2) is 0 Å². The lowest BCUT2D eigenvalue weighted by Gasteiger charge is -2.43. The maximum atomic E-state index is 11.7. The fourth-order valence-corrected chi connectivity index (χ4v) is 4.06. The molecule has 3 heteroatoms. The molecule has 2 aliphatic rings. The predicted molar refractivity (Wildman–Crippen MR) is 55.9 cm³/mol. The van der Waals surface area contributed by atoms with E-state index in [1.54, 1.807) is 0 Å². The van der Waals surface area contributed by atoms with Crippen molar-refractivity contribution in [1.82, 2.24) is 4.90 Å². The van der Waals surface area contributed by atoms with Crippen LogP contribution >= 0.6 is 11.8 Å². The van der Waals surface area contributed by atoms with E-state index in [0.29, 0.717) is 17.2 Å². The normalized spacial score (nSPS) is 40.3. The molecule has 2 fully saturated rings. The quantitative estimate of drug-likeness (QED) is 0.594. The molecule has 74 valence electrons. The van der Waals surface area contributed by atoms with E-state index >= 15 is 0 Å². The molecule has 1 amide bonds. The zero-order chi connectivity index (χ0) is 9.42. The number of hydrogen-bond donors (Lipinski definition) is 0. The monoisotopic (exact) mass is 199 g/mol. The van der Waals surface area contributed by atoms with Crippen LogP contribution in [0.2, 0.25) is 0 Å². The lowest BCUT2D eigenvalue weighted by molar-refractivity contribution is -0.132. The second-order valence-corrected chi connectivity index (χ2v) is 5.70. The minimum Gasteiger partial charge on any atom is -0.341 e. The smallest absolute Gasteiger partial charge is 0.235 e. The molecule has 0 radical (unpaired) electrons. The van der Waals surface area contributed by atoms with Gasteiger partial charge in [-0.1, -0.05) is 12.8 Å². The van der Waals surface area contributed by atoms with E-state index in [0.717, 1.165) is 0 Å². The molecule has 0 aromatic rings. The van der Waals surface area contributed by atoms with Crippen molar-refractivity contribution in [1.29, 1.82) is 0 Å². The van der Waals surface area contributed by atoms with Crippen LogP contribution in [0.15, 0.2) is 0 Å². The first-order chi connectivity index (χ1) is 6.20. The fraction of sp³-hybridized carbons (Fsp3) is 0.900. The molecule has 1 aliphatic heterocycles. The molecular weight excluding hydrogens is 182 g/mol. The van der Waals surface area contributed by atoms with E-state index in [-0.39, 0.29) is 5.25 Å². The largest absolute Gasteiger partial charge is 0.341 e. The zero-order valence-corrected chi connectivity index (χ0v) is 9.14. The minimum absolute atomic E-state index is 0.185. The van der Waals surface area contributed by atoms with Crippen molar-refractivity contribution < 1.29 is 4.79 Å². The van der Waals surface area contributed by atoms with Gasteiger partial charge in [0.25, 0.3) is 0 Å². The van der Waals surface area contributed by atoms with Gasteiger partial charge in [0.1, 0.15) is 0 Å². The van der Waals surface area contributed by atoms with Crippen LogP contribution in [-0.4, -0.2) is 34.4 Å². The van der Waals surface area contributed by atoms with Crippen molar-refractivity contribution in [3.05, 3.63) is 0 Å². The van der Waals surface area contributed by atoms with Crippen molar-refractivity contribution in [2.24, 2.45) is 0 Å². The summed E-state index contributed by atoms with van der Waals surface area (Å²) in [4.78, 5) is 13.7. The van der Waals surface area contributed by atoms with Gasteiger partial charge in [-0.05, 0) is 19.8 Å². The fourth-order valence-electron chi connectivity index (χ4n) is 2.45. The standard InChI is InChI=1S/C10H17NOS/c1-7-10(12)11(2)8-5-3-4-6-9(8)13-7/h7-9H,3-6H2,1-2H3. The second-order valence-electron chi connectivity index (χ2n) is 4.12. The zero-order valence-electron chi connectivity index (χ0n) is 8.32. The van der Waals surface area contributed by atoms with Crippen LogP contribution in [0.25, 0.3) is 0 Å². The van der Waals surface area contributed by atoms with Crippen molar-refractivity contribution in [3.8, 4) is 0 Å². The highest BCUT2D eigenvalue weighted by Gasteiger charge is 2.39. The van der Waals surface area contributed by atoms with Gasteiger partial charge in [-0.15, -0.1) is 11.8 Å². The Hall–Kier alpha value is -0.180. The maximum absolute atomic E-state index is 11.7. The molecule has 1 aliphatic carbocycles. The van der Waals surface area contributed by atoms with E-state index in [4.69, 9.17) is 0 Å². The van der Waals surface area contributed by atoms with E-state index in [1.807, 2.05) is 30.6 Å². The summed E-state index contributed by atoms with van der Waals surface area (Å²) in [6.45, 7) is 2.04. The number of carbonyl (C=O) groups excluding carboxylic acids is 1. The third-order valence-corrected chi connectivity index (χ3v) is 4.75. The lowest BCUT2D eigenvalue weighted by Crippen LogP contribution is -2.52. The molecule has 3 atom stereocenters. The van der Waals surface area contributed by atoms with Gasteiger partial charge in [0.2, 0.25) is 5.91 Å². The van der Waals surface area contributed by atoms with Crippen LogP contribution < -0.4 is 0 Å². The van der Waals surface area contributed by atoms with Crippen LogP contribution in [0.3, 0.4) is 0 Å². The summed E-state index contributed by atoms with van der Waals surface area (Å²) in [7, 11) is 1.97. The number of thioether (sulfide) groups is 1. The summed E-state index contributed by atoms with van der Waals surface area (Å²) in [6.07, 6.45) is 5.17. The predicted octanol–water partition coefficient (Wildman–Crippen LogP) is 1.89. The molecule has 13 heavy (non-hydrogen) atoms. The maximum Gasteiger partial charge on any atom is 0.235 e. The molecule has 1 saturated heterocycles. The van der Waals surface area contributed by atoms with Crippen LogP contribution in [0.1, 0.15) is 32.6 Å². The van der Waals surface area contributed by atoms with E-state index in [9.17, 15) is 4.79 Å². The first-order valence-corrected chi connectivity index (χ1v) is 6.06. The van der Waals surface area contributed by atoms with Crippen LogP contribution in [0.5, 0.6) is 0 Å². The molecule has 0 spiro atoms. The first-order valence-electron chi connectivity index (χ1n) is 5.12. The summed E-state index contributed by atoms with van der Waals surface area (Å²) in [6, 6.07) is 0.530. The Balaban J connectivity index is 2.12. The Morgan fingerprint density at radius 3 is 2.85 bits per heavy atom.